The molecule has 147 valence electrons. The average molecular weight is 407 g/mol. The van der Waals surface area contributed by atoms with E-state index >= 15 is 0 Å². The Bertz CT molecular complexity index is 188. The molecule has 1 aromatic rings. The van der Waals surface area contributed by atoms with Crippen molar-refractivity contribution < 1.29 is 19.5 Å². The first-order valence-electron chi connectivity index (χ1n) is 5.75. The molecular formula is C22H40Rh-10. The van der Waals surface area contributed by atoms with Crippen LogP contribution in [-0.2, 0) is 19.5 Å². The molecular weight excluding hydrogens is 367 g/mol. The van der Waals surface area contributed by atoms with E-state index in [1.165, 1.54) is 0 Å². The first kappa shape index (κ1) is 57.2. The van der Waals surface area contributed by atoms with Gasteiger partial charge in [-0.25, -0.2) is 12.2 Å². The third-order valence-electron chi connectivity index (χ3n) is 1.19. The molecule has 0 saturated heterocycles. The van der Waals surface area contributed by atoms with E-state index < -0.39 is 0 Å². The Morgan fingerprint density at radius 3 is 1.17 bits per heavy atom. The molecule has 0 bridgehead atoms. The zero-order chi connectivity index (χ0) is 13.8. The first-order valence-corrected chi connectivity index (χ1v) is 5.75. The quantitative estimate of drug-likeness (QED) is 0.307. The van der Waals surface area contributed by atoms with E-state index in [0.29, 0.717) is 0 Å². The molecule has 1 aromatic carbocycles. The Balaban J connectivity index is -0.0000000155. The van der Waals surface area contributed by atoms with Gasteiger partial charge < -0.3 is 57.9 Å². The van der Waals surface area contributed by atoms with Crippen molar-refractivity contribution in [1.29, 1.82) is 0 Å². The maximum Gasteiger partial charge on any atom is 0 e. The minimum Gasteiger partial charge on any atom is -0.358 e. The summed E-state index contributed by atoms with van der Waals surface area (Å²) < 4.78 is 0. The summed E-state index contributed by atoms with van der Waals surface area (Å²) >= 11 is 0. The van der Waals surface area contributed by atoms with Gasteiger partial charge in [-0.1, -0.05) is 0 Å². The van der Waals surface area contributed by atoms with Gasteiger partial charge in [-0.05, 0) is 0 Å². The van der Waals surface area contributed by atoms with E-state index in [1.54, 1.807) is 20.8 Å². The average Bonchev–Trinajstić information content (AvgIpc) is 3.07. The van der Waals surface area contributed by atoms with Gasteiger partial charge in [0.2, 0.25) is 0 Å². The molecule has 0 aromatic heterocycles. The predicted octanol–water partition coefficient (Wildman–Crippen LogP) is 7.56. The molecule has 0 unspecified atom stereocenters. The van der Waals surface area contributed by atoms with Crippen molar-refractivity contribution in [3.05, 3.63) is 119 Å². The van der Waals surface area contributed by atoms with E-state index in [0.717, 1.165) is 6.42 Å². The zero-order valence-electron chi connectivity index (χ0n) is 16.8. The minimum atomic E-state index is 0. The summed E-state index contributed by atoms with van der Waals surface area (Å²) in [4.78, 5) is 0. The molecule has 0 aliphatic heterocycles. The maximum absolute atomic E-state index is 3.25. The second-order valence-electron chi connectivity index (χ2n) is 2.08. The summed E-state index contributed by atoms with van der Waals surface area (Å²) in [7, 11) is 0. The van der Waals surface area contributed by atoms with Crippen molar-refractivity contribution in [3.63, 3.8) is 0 Å². The SMILES string of the molecule is [C-]1=CC=CC1.[CH2-]C.[CH2-]C.[CH2-]C.[CH3-].[CH3-].[CH3-].[CH3-].[CH3-].[Rh].[c-]1ccccc1. The van der Waals surface area contributed by atoms with Crippen LogP contribution in [0.2, 0.25) is 0 Å². The summed E-state index contributed by atoms with van der Waals surface area (Å²) in [6, 6.07) is 12.5. The zero-order valence-corrected chi connectivity index (χ0v) is 18.4. The number of hydrogen-bond donors (Lipinski definition) is 0. The fourth-order valence-electron chi connectivity index (χ4n) is 0.682. The number of benzene rings is 1. The van der Waals surface area contributed by atoms with Crippen molar-refractivity contribution in [2.45, 2.75) is 27.2 Å². The monoisotopic (exact) mass is 407 g/mol. The fraction of sp³-hybridized carbons (Fsp3) is 0.182. The summed E-state index contributed by atoms with van der Waals surface area (Å²) in [6.07, 6.45) is 10.0. The maximum atomic E-state index is 3.25. The van der Waals surface area contributed by atoms with Gasteiger partial charge >= 0.3 is 0 Å². The molecule has 2 rings (SSSR count). The Morgan fingerprint density at radius 2 is 1.09 bits per heavy atom. The van der Waals surface area contributed by atoms with Crippen LogP contribution in [0, 0.1) is 70.0 Å². The molecule has 0 saturated carbocycles. The van der Waals surface area contributed by atoms with Crippen LogP contribution in [0.25, 0.3) is 0 Å². The van der Waals surface area contributed by atoms with E-state index in [1.807, 2.05) is 42.5 Å². The van der Waals surface area contributed by atoms with Crippen LogP contribution in [0.4, 0.5) is 0 Å². The smallest absolute Gasteiger partial charge is 0 e. The van der Waals surface area contributed by atoms with Crippen molar-refractivity contribution in [1.82, 2.24) is 0 Å². The van der Waals surface area contributed by atoms with Gasteiger partial charge in [0.15, 0.2) is 0 Å². The second kappa shape index (κ2) is 82.6. The van der Waals surface area contributed by atoms with Gasteiger partial charge in [0.25, 0.3) is 0 Å². The van der Waals surface area contributed by atoms with Crippen LogP contribution in [0.15, 0.2) is 48.6 Å². The Morgan fingerprint density at radius 1 is 0.696 bits per heavy atom. The van der Waals surface area contributed by atoms with Gasteiger partial charge in [-0.15, -0.1) is 6.42 Å². The van der Waals surface area contributed by atoms with Gasteiger partial charge in [0.05, 0.1) is 0 Å². The number of hydrogen-bond acceptors (Lipinski definition) is 0. The molecule has 23 heavy (non-hydrogen) atoms. The molecule has 1 aliphatic rings. The molecule has 0 atom stereocenters. The molecule has 0 spiro atoms. The molecule has 1 heteroatoms. The topological polar surface area (TPSA) is 0 Å². The van der Waals surface area contributed by atoms with E-state index in [9.17, 15) is 0 Å². The minimum absolute atomic E-state index is 0. The second-order valence-corrected chi connectivity index (χ2v) is 2.08. The van der Waals surface area contributed by atoms with E-state index in [4.69, 9.17) is 0 Å². The van der Waals surface area contributed by atoms with Crippen molar-refractivity contribution in [3.8, 4) is 0 Å². The molecule has 0 fully saturated rings. The Hall–Kier alpha value is -0.677. The molecule has 0 amide bonds. The normalized spacial score (nSPS) is 6.70. The summed E-state index contributed by atoms with van der Waals surface area (Å²) in [5.74, 6) is 0. The summed E-state index contributed by atoms with van der Waals surface area (Å²) in [6.45, 7) is 15.0. The summed E-state index contributed by atoms with van der Waals surface area (Å²) in [5.41, 5.74) is 0. The molecule has 0 nitrogen and oxygen atoms in total. The van der Waals surface area contributed by atoms with E-state index in [2.05, 4.69) is 39.0 Å². The molecule has 1 aliphatic carbocycles. The van der Waals surface area contributed by atoms with Crippen molar-refractivity contribution >= 4 is 0 Å². The molecule has 0 heterocycles. The Kier molecular flexibility index (Phi) is 205. The molecule has 1 radical (unpaired) electrons. The third-order valence-corrected chi connectivity index (χ3v) is 1.19. The summed E-state index contributed by atoms with van der Waals surface area (Å²) in [5, 5.41) is 0. The van der Waals surface area contributed by atoms with Crippen LogP contribution < -0.4 is 0 Å². The molecule has 0 N–H and O–H groups in total. The van der Waals surface area contributed by atoms with E-state index in [-0.39, 0.29) is 56.6 Å². The number of rotatable bonds is 0. The van der Waals surface area contributed by atoms with Crippen LogP contribution in [-0.4, -0.2) is 0 Å². The fourth-order valence-corrected chi connectivity index (χ4v) is 0.682. The first-order chi connectivity index (χ1) is 8.50. The van der Waals surface area contributed by atoms with Crippen LogP contribution in [0.1, 0.15) is 27.2 Å². The van der Waals surface area contributed by atoms with Crippen LogP contribution in [0.5, 0.6) is 0 Å². The van der Waals surface area contributed by atoms with Gasteiger partial charge in [-0.3, -0.25) is 6.08 Å². The van der Waals surface area contributed by atoms with Crippen molar-refractivity contribution in [2.24, 2.45) is 0 Å². The van der Waals surface area contributed by atoms with Crippen molar-refractivity contribution in [2.75, 3.05) is 0 Å². The predicted molar refractivity (Wildman–Crippen MR) is 112 cm³/mol. The van der Waals surface area contributed by atoms with Gasteiger partial charge in [0.1, 0.15) is 0 Å². The number of allylic oxidation sites excluding steroid dienone is 4. The van der Waals surface area contributed by atoms with Crippen LogP contribution >= 0.6 is 0 Å². The Labute approximate surface area is 165 Å². The van der Waals surface area contributed by atoms with Crippen LogP contribution in [0.3, 0.4) is 0 Å². The largest absolute Gasteiger partial charge is 0.358 e. The van der Waals surface area contributed by atoms with Gasteiger partial charge in [-0.2, -0.15) is 63.2 Å². The standard InChI is InChI=1S/C6H5.C5H5.3C2H5.5CH3.Rh/c1-2-4-6-5-3-1;1-2-4-5-3-1;3*1-2;;;;;;/h1-5H;1-3H,4H2;3*1H2,2H3;5*1H3;/q10*-1;. The van der Waals surface area contributed by atoms with Gasteiger partial charge in [0, 0.05) is 19.5 Å². The third kappa shape index (κ3) is 74.7.